The Hall–Kier alpha value is -1.03. The van der Waals surface area contributed by atoms with E-state index >= 15 is 0 Å². The maximum absolute atomic E-state index is 11.8. The van der Waals surface area contributed by atoms with Gasteiger partial charge in [0.1, 0.15) is 18.3 Å². The fourth-order valence-electron chi connectivity index (χ4n) is 2.20. The number of hydrogen-bond acceptors (Lipinski definition) is 7. The molecule has 118 valence electrons. The highest BCUT2D eigenvalue weighted by Gasteiger charge is 2.47. The molecular weight excluding hydrogens is 323 g/mol. The van der Waals surface area contributed by atoms with Crippen LogP contribution in [0.3, 0.4) is 0 Å². The van der Waals surface area contributed by atoms with Gasteiger partial charge in [-0.15, -0.1) is 0 Å². The summed E-state index contributed by atoms with van der Waals surface area (Å²) < 4.78 is 28.3. The predicted molar refractivity (Wildman–Crippen MR) is 75.8 cm³/mol. The summed E-state index contributed by atoms with van der Waals surface area (Å²) >= 11 is 0. The Bertz CT molecular complexity index is 676. The fraction of sp³-hybridized carbons (Fsp3) is 0.600. The molecule has 0 radical (unpaired) electrons. The van der Waals surface area contributed by atoms with Crippen molar-refractivity contribution in [2.45, 2.75) is 24.5 Å². The second-order valence-corrected chi connectivity index (χ2v) is 6.11. The normalized spacial score (nSPS) is 30.4. The lowest BCUT2D eigenvalue weighted by Crippen LogP contribution is -2.39. The molecule has 0 amide bonds. The average molecular weight is 338 g/mol. The molecule has 11 heteroatoms. The Morgan fingerprint density at radius 1 is 1.52 bits per heavy atom. The summed E-state index contributed by atoms with van der Waals surface area (Å²) in [6, 6.07) is 1.16. The lowest BCUT2D eigenvalue weighted by Gasteiger charge is -2.21. The van der Waals surface area contributed by atoms with Gasteiger partial charge in [-0.1, -0.05) is 0 Å². The monoisotopic (exact) mass is 338 g/mol. The summed E-state index contributed by atoms with van der Waals surface area (Å²) in [6.45, 7) is -0.408. The van der Waals surface area contributed by atoms with Crippen LogP contribution >= 0.6 is 8.02 Å². The number of hydrogen-bond donors (Lipinski definition) is 3. The largest absolute Gasteiger partial charge is 0.394 e. The van der Waals surface area contributed by atoms with Crippen LogP contribution in [0.1, 0.15) is 6.23 Å². The number of ether oxygens (including phenoxy) is 2. The van der Waals surface area contributed by atoms with E-state index in [1.807, 2.05) is 0 Å². The summed E-state index contributed by atoms with van der Waals surface area (Å²) in [7, 11) is 2.06. The number of nitrogens with one attached hydrogen (secondary N) is 1. The van der Waals surface area contributed by atoms with Crippen LogP contribution in [0, 0.1) is 0 Å². The summed E-state index contributed by atoms with van der Waals surface area (Å²) in [6.07, 6.45) is -2.13. The molecule has 1 aliphatic heterocycles. The highest BCUT2D eigenvalue weighted by atomic mass is 32.5. The average Bonchev–Trinajstić information content (AvgIpc) is 2.75. The second kappa shape index (κ2) is 6.82. The van der Waals surface area contributed by atoms with Crippen molar-refractivity contribution in [2.75, 3.05) is 13.7 Å². The van der Waals surface area contributed by atoms with E-state index in [0.717, 1.165) is 10.6 Å². The molecule has 1 aliphatic rings. The number of methoxy groups -OCH3 is 1. The molecule has 9 nitrogen and oxygen atoms in total. The zero-order valence-corrected chi connectivity index (χ0v) is 12.9. The van der Waals surface area contributed by atoms with Crippen molar-refractivity contribution >= 4 is 18.3 Å². The van der Waals surface area contributed by atoms with E-state index in [1.54, 1.807) is 0 Å². The topological polar surface area (TPSA) is 120 Å². The number of H-pyrrole nitrogens is 1. The SMILES string of the molecule is COC1C(O[SH](=O)=P)C(CO)OC1n1ccc(=O)[nH]c1=O. The Balaban J connectivity index is 2.39. The minimum Gasteiger partial charge on any atom is -0.394 e. The molecular formula is C10H15N2O7PS. The van der Waals surface area contributed by atoms with E-state index in [2.05, 4.69) is 13.0 Å². The summed E-state index contributed by atoms with van der Waals surface area (Å²) in [5.74, 6) is 0. The van der Waals surface area contributed by atoms with Gasteiger partial charge in [-0.05, 0) is 8.02 Å². The first-order valence-electron chi connectivity index (χ1n) is 5.93. The Morgan fingerprint density at radius 3 is 2.76 bits per heavy atom. The third-order valence-corrected chi connectivity index (χ3v) is 3.83. The predicted octanol–water partition coefficient (Wildman–Crippen LogP) is -1.72. The zero-order valence-electron chi connectivity index (χ0n) is 11.0. The minimum absolute atomic E-state index is 0.408. The van der Waals surface area contributed by atoms with Crippen molar-refractivity contribution in [1.82, 2.24) is 9.55 Å². The third-order valence-electron chi connectivity index (χ3n) is 3.08. The molecule has 0 aliphatic carbocycles. The number of nitrogens with zero attached hydrogens (tertiary/aromatic N) is 1. The molecule has 1 fully saturated rings. The molecule has 21 heavy (non-hydrogen) atoms. The number of rotatable bonds is 5. The molecule has 1 aromatic heterocycles. The van der Waals surface area contributed by atoms with Crippen LogP contribution in [0.25, 0.3) is 0 Å². The maximum Gasteiger partial charge on any atom is 0.330 e. The van der Waals surface area contributed by atoms with Crippen molar-refractivity contribution < 1.29 is 23.0 Å². The first kappa shape index (κ1) is 16.3. The van der Waals surface area contributed by atoms with Gasteiger partial charge in [0.2, 0.25) is 0 Å². The molecule has 2 heterocycles. The molecule has 1 saturated heterocycles. The van der Waals surface area contributed by atoms with E-state index in [-0.39, 0.29) is 0 Å². The van der Waals surface area contributed by atoms with E-state index in [9.17, 15) is 18.9 Å². The van der Waals surface area contributed by atoms with Gasteiger partial charge in [0.25, 0.3) is 5.56 Å². The minimum atomic E-state index is -2.14. The highest BCUT2D eigenvalue weighted by molar-refractivity contribution is 8.03. The van der Waals surface area contributed by atoms with Gasteiger partial charge in [-0.2, -0.15) is 0 Å². The van der Waals surface area contributed by atoms with Gasteiger partial charge in [-0.3, -0.25) is 18.5 Å². The van der Waals surface area contributed by atoms with Gasteiger partial charge in [0, 0.05) is 19.4 Å². The van der Waals surface area contributed by atoms with E-state index in [1.165, 1.54) is 13.3 Å². The standard InChI is InChI=1S/C10H15N2O7PS/c1-17-8-7(19-21(16)20)5(4-13)18-9(8)12-3-2-6(14)11-10(12)15/h2-3,5,7-9,13,20-21H,4H2,1H3,(H,11,14,15). The number of aromatic amines is 1. The van der Waals surface area contributed by atoms with Crippen molar-refractivity contribution in [1.29, 1.82) is 0 Å². The molecule has 5 atom stereocenters. The third kappa shape index (κ3) is 3.42. The molecule has 0 saturated carbocycles. The van der Waals surface area contributed by atoms with E-state index in [4.69, 9.17) is 13.7 Å². The lowest BCUT2D eigenvalue weighted by atomic mass is 10.1. The molecule has 2 rings (SSSR count). The van der Waals surface area contributed by atoms with Crippen molar-refractivity contribution in [3.8, 4) is 0 Å². The first-order valence-corrected chi connectivity index (χ1v) is 8.45. The molecule has 0 bridgehead atoms. The van der Waals surface area contributed by atoms with Gasteiger partial charge < -0.3 is 14.6 Å². The van der Waals surface area contributed by atoms with Gasteiger partial charge >= 0.3 is 5.69 Å². The van der Waals surface area contributed by atoms with Crippen LogP contribution in [0.15, 0.2) is 21.9 Å². The molecule has 0 spiro atoms. The zero-order chi connectivity index (χ0) is 15.6. The molecule has 5 unspecified atom stereocenters. The van der Waals surface area contributed by atoms with Gasteiger partial charge in [0.15, 0.2) is 6.23 Å². The quantitative estimate of drug-likeness (QED) is 0.431. The molecule has 2 N–H and O–H groups in total. The number of aliphatic hydroxyl groups is 1. The maximum atomic E-state index is 11.8. The van der Waals surface area contributed by atoms with Crippen molar-refractivity contribution in [2.24, 2.45) is 0 Å². The fourth-order valence-corrected chi connectivity index (χ4v) is 3.04. The summed E-state index contributed by atoms with van der Waals surface area (Å²) in [5, 5.41) is 9.32. The van der Waals surface area contributed by atoms with E-state index in [0.29, 0.717) is 0 Å². The summed E-state index contributed by atoms with van der Waals surface area (Å²) in [4.78, 5) is 25.0. The molecule has 1 aromatic rings. The summed E-state index contributed by atoms with van der Waals surface area (Å²) in [5.41, 5.74) is -1.23. The lowest BCUT2D eigenvalue weighted by molar-refractivity contribution is -0.0625. The van der Waals surface area contributed by atoms with Crippen LogP contribution in [0.4, 0.5) is 0 Å². The number of aliphatic hydroxyl groups excluding tert-OH is 1. The van der Waals surface area contributed by atoms with Crippen LogP contribution < -0.4 is 11.2 Å². The van der Waals surface area contributed by atoms with Crippen LogP contribution in [-0.2, 0) is 23.9 Å². The Kier molecular flexibility index (Phi) is 5.31. The Labute approximate surface area is 123 Å². The van der Waals surface area contributed by atoms with Gasteiger partial charge in [-0.25, -0.2) is 9.00 Å². The van der Waals surface area contributed by atoms with Crippen molar-refractivity contribution in [3.63, 3.8) is 0 Å². The van der Waals surface area contributed by atoms with E-state index < -0.39 is 52.7 Å². The second-order valence-electron chi connectivity index (χ2n) is 4.29. The Morgan fingerprint density at radius 2 is 2.24 bits per heavy atom. The highest BCUT2D eigenvalue weighted by Crippen LogP contribution is 2.32. The number of aromatic nitrogens is 2. The number of thiol groups is 1. The van der Waals surface area contributed by atoms with Crippen molar-refractivity contribution in [3.05, 3.63) is 33.1 Å². The smallest absolute Gasteiger partial charge is 0.330 e. The van der Waals surface area contributed by atoms with Gasteiger partial charge in [0.05, 0.1) is 16.9 Å². The molecule has 0 aromatic carbocycles. The van der Waals surface area contributed by atoms with Crippen LogP contribution in [0.2, 0.25) is 0 Å². The van der Waals surface area contributed by atoms with Crippen LogP contribution in [-0.4, -0.2) is 50.9 Å². The van der Waals surface area contributed by atoms with Crippen LogP contribution in [0.5, 0.6) is 0 Å². The first-order chi connectivity index (χ1) is 9.97.